The Morgan fingerprint density at radius 3 is 2.60 bits per heavy atom. The summed E-state index contributed by atoms with van der Waals surface area (Å²) in [5.74, 6) is 0.843. The summed E-state index contributed by atoms with van der Waals surface area (Å²) in [7, 11) is 0. The standard InChI is InChI=1S/C24H25Cl2N5O3S/c1-4-12-31-22(15(3)27-23(33)19-11-6-16(25)13-20(19)26)29-30-24(31)35-14-21(32)28-17-7-9-18(10-8-17)34-5-2/h4,6-11,13,15H,1,5,12,14H2,2-3H3,(H,27,33)(H,28,32)/t15-/m0/s1. The van der Waals surface area contributed by atoms with Crippen LogP contribution in [0.1, 0.15) is 36.1 Å². The van der Waals surface area contributed by atoms with Crippen LogP contribution in [0.5, 0.6) is 5.75 Å². The highest BCUT2D eigenvalue weighted by Gasteiger charge is 2.21. The van der Waals surface area contributed by atoms with Crippen LogP contribution in [0.25, 0.3) is 0 Å². The van der Waals surface area contributed by atoms with Crippen molar-refractivity contribution >= 4 is 52.5 Å². The van der Waals surface area contributed by atoms with Gasteiger partial charge in [0.05, 0.1) is 29.0 Å². The van der Waals surface area contributed by atoms with E-state index in [0.29, 0.717) is 40.4 Å². The van der Waals surface area contributed by atoms with Gasteiger partial charge in [0.15, 0.2) is 11.0 Å². The van der Waals surface area contributed by atoms with Crippen LogP contribution in [0.15, 0.2) is 60.3 Å². The Morgan fingerprint density at radius 1 is 1.20 bits per heavy atom. The SMILES string of the molecule is C=CCn1c(SCC(=O)Nc2ccc(OCC)cc2)nnc1[C@H](C)NC(=O)c1ccc(Cl)cc1Cl. The lowest BCUT2D eigenvalue weighted by atomic mass is 10.2. The number of hydrogen-bond acceptors (Lipinski definition) is 6. The van der Waals surface area contributed by atoms with E-state index in [-0.39, 0.29) is 22.6 Å². The number of anilines is 1. The number of nitrogens with one attached hydrogen (secondary N) is 2. The molecule has 2 N–H and O–H groups in total. The molecule has 0 spiro atoms. The summed E-state index contributed by atoms with van der Waals surface area (Å²) in [4.78, 5) is 25.1. The van der Waals surface area contributed by atoms with Gasteiger partial charge in [-0.2, -0.15) is 0 Å². The third-order valence-corrected chi connectivity index (χ3v) is 6.26. The monoisotopic (exact) mass is 533 g/mol. The van der Waals surface area contributed by atoms with Crippen LogP contribution >= 0.6 is 35.0 Å². The Labute approximate surface area is 218 Å². The molecular weight excluding hydrogens is 509 g/mol. The van der Waals surface area contributed by atoms with Crippen molar-refractivity contribution in [2.75, 3.05) is 17.7 Å². The number of nitrogens with zero attached hydrogens (tertiary/aromatic N) is 3. The molecule has 0 unspecified atom stereocenters. The minimum Gasteiger partial charge on any atom is -0.494 e. The largest absolute Gasteiger partial charge is 0.494 e. The van der Waals surface area contributed by atoms with Gasteiger partial charge in [0.2, 0.25) is 5.91 Å². The Hall–Kier alpha value is -3.01. The number of rotatable bonds is 11. The van der Waals surface area contributed by atoms with Crippen LogP contribution in [0.2, 0.25) is 10.0 Å². The highest BCUT2D eigenvalue weighted by atomic mass is 35.5. The van der Waals surface area contributed by atoms with Crippen molar-refractivity contribution in [3.8, 4) is 5.75 Å². The average Bonchev–Trinajstić information content (AvgIpc) is 3.22. The first kappa shape index (κ1) is 26.6. The molecule has 0 fully saturated rings. The molecule has 0 aliphatic heterocycles. The van der Waals surface area contributed by atoms with Gasteiger partial charge in [0.25, 0.3) is 5.91 Å². The molecule has 0 radical (unpaired) electrons. The van der Waals surface area contributed by atoms with Crippen LogP contribution in [0.3, 0.4) is 0 Å². The summed E-state index contributed by atoms with van der Waals surface area (Å²) in [5.41, 5.74) is 0.975. The first-order chi connectivity index (χ1) is 16.8. The van der Waals surface area contributed by atoms with Crippen molar-refractivity contribution in [1.82, 2.24) is 20.1 Å². The predicted octanol–water partition coefficient (Wildman–Crippen LogP) is 5.39. The average molecular weight is 534 g/mol. The number of benzene rings is 2. The predicted molar refractivity (Wildman–Crippen MR) is 140 cm³/mol. The molecule has 11 heteroatoms. The molecule has 184 valence electrons. The van der Waals surface area contributed by atoms with Gasteiger partial charge >= 0.3 is 0 Å². The molecule has 0 aliphatic carbocycles. The number of hydrogen-bond donors (Lipinski definition) is 2. The summed E-state index contributed by atoms with van der Waals surface area (Å²) in [6.07, 6.45) is 1.70. The topological polar surface area (TPSA) is 98.1 Å². The molecule has 35 heavy (non-hydrogen) atoms. The van der Waals surface area contributed by atoms with Crippen molar-refractivity contribution < 1.29 is 14.3 Å². The fourth-order valence-electron chi connectivity index (χ4n) is 3.17. The Morgan fingerprint density at radius 2 is 1.94 bits per heavy atom. The van der Waals surface area contributed by atoms with Crippen molar-refractivity contribution in [2.24, 2.45) is 0 Å². The van der Waals surface area contributed by atoms with Crippen molar-refractivity contribution in [3.05, 3.63) is 76.6 Å². The number of halogens is 2. The van der Waals surface area contributed by atoms with Gasteiger partial charge in [0.1, 0.15) is 5.75 Å². The number of carbonyl (C=O) groups excluding carboxylic acids is 2. The third-order valence-electron chi connectivity index (χ3n) is 4.75. The van der Waals surface area contributed by atoms with Crippen LogP contribution in [0, 0.1) is 0 Å². The lowest BCUT2D eigenvalue weighted by molar-refractivity contribution is -0.113. The summed E-state index contributed by atoms with van der Waals surface area (Å²) >= 11 is 13.3. The number of aromatic nitrogens is 3. The van der Waals surface area contributed by atoms with Crippen LogP contribution in [-0.2, 0) is 11.3 Å². The van der Waals surface area contributed by atoms with Gasteiger partial charge in [0, 0.05) is 17.3 Å². The van der Waals surface area contributed by atoms with E-state index in [1.807, 2.05) is 6.92 Å². The zero-order chi connectivity index (χ0) is 25.4. The number of amides is 2. The first-order valence-corrected chi connectivity index (χ1v) is 12.5. The molecule has 0 aliphatic rings. The summed E-state index contributed by atoms with van der Waals surface area (Å²) < 4.78 is 7.21. The Kier molecular flexibility index (Phi) is 9.59. The molecule has 1 heterocycles. The second kappa shape index (κ2) is 12.6. The minimum absolute atomic E-state index is 0.129. The van der Waals surface area contributed by atoms with E-state index in [9.17, 15) is 9.59 Å². The molecule has 2 amide bonds. The van der Waals surface area contributed by atoms with Gasteiger partial charge in [-0.15, -0.1) is 16.8 Å². The summed E-state index contributed by atoms with van der Waals surface area (Å²) in [6.45, 7) is 8.47. The molecule has 0 saturated carbocycles. The van der Waals surface area contributed by atoms with E-state index in [1.165, 1.54) is 17.8 Å². The van der Waals surface area contributed by atoms with E-state index in [0.717, 1.165) is 5.75 Å². The molecule has 1 aromatic heterocycles. The molecular formula is C24H25Cl2N5O3S. The Balaban J connectivity index is 1.64. The smallest absolute Gasteiger partial charge is 0.253 e. The third kappa shape index (κ3) is 7.24. The van der Waals surface area contributed by atoms with Crippen molar-refractivity contribution in [3.63, 3.8) is 0 Å². The van der Waals surface area contributed by atoms with E-state index in [1.54, 1.807) is 54.0 Å². The molecule has 0 bridgehead atoms. The highest BCUT2D eigenvalue weighted by Crippen LogP contribution is 2.24. The maximum Gasteiger partial charge on any atom is 0.253 e. The highest BCUT2D eigenvalue weighted by molar-refractivity contribution is 7.99. The van der Waals surface area contributed by atoms with E-state index in [2.05, 4.69) is 27.4 Å². The van der Waals surface area contributed by atoms with Crippen molar-refractivity contribution in [1.29, 1.82) is 0 Å². The molecule has 3 aromatic rings. The molecule has 2 aromatic carbocycles. The van der Waals surface area contributed by atoms with Gasteiger partial charge in [-0.1, -0.05) is 41.0 Å². The van der Waals surface area contributed by atoms with E-state index in [4.69, 9.17) is 27.9 Å². The van der Waals surface area contributed by atoms with Crippen LogP contribution in [-0.4, -0.2) is 38.9 Å². The van der Waals surface area contributed by atoms with Gasteiger partial charge in [-0.05, 0) is 56.3 Å². The van der Waals surface area contributed by atoms with Gasteiger partial charge in [-0.25, -0.2) is 0 Å². The van der Waals surface area contributed by atoms with Gasteiger partial charge in [-0.3, -0.25) is 9.59 Å². The fourth-order valence-corrected chi connectivity index (χ4v) is 4.42. The zero-order valence-electron chi connectivity index (χ0n) is 19.3. The summed E-state index contributed by atoms with van der Waals surface area (Å²) in [5, 5.41) is 15.4. The number of carbonyl (C=O) groups is 2. The molecule has 1 atom stereocenters. The van der Waals surface area contributed by atoms with Crippen LogP contribution in [0.4, 0.5) is 5.69 Å². The second-order valence-corrected chi connectivity index (χ2v) is 9.14. The lowest BCUT2D eigenvalue weighted by Crippen LogP contribution is -2.29. The number of allylic oxidation sites excluding steroid dienone is 1. The number of ether oxygens (including phenoxy) is 1. The molecule has 8 nitrogen and oxygen atoms in total. The first-order valence-electron chi connectivity index (χ1n) is 10.8. The minimum atomic E-state index is -0.478. The Bertz CT molecular complexity index is 1200. The maximum absolute atomic E-state index is 12.7. The van der Waals surface area contributed by atoms with Gasteiger partial charge < -0.3 is 19.9 Å². The lowest BCUT2D eigenvalue weighted by Gasteiger charge is -2.16. The van der Waals surface area contributed by atoms with Crippen LogP contribution < -0.4 is 15.4 Å². The number of thioether (sulfide) groups is 1. The summed E-state index contributed by atoms with van der Waals surface area (Å²) in [6, 6.07) is 11.3. The maximum atomic E-state index is 12.7. The molecule has 0 saturated heterocycles. The second-order valence-electron chi connectivity index (χ2n) is 7.35. The normalized spacial score (nSPS) is 11.5. The molecule has 3 rings (SSSR count). The fraction of sp³-hybridized carbons (Fsp3) is 0.250. The van der Waals surface area contributed by atoms with E-state index < -0.39 is 6.04 Å². The van der Waals surface area contributed by atoms with E-state index >= 15 is 0 Å². The van der Waals surface area contributed by atoms with Crippen molar-refractivity contribution in [2.45, 2.75) is 31.6 Å². The zero-order valence-corrected chi connectivity index (χ0v) is 21.6. The quantitative estimate of drug-likeness (QED) is 0.253.